The zero-order valence-corrected chi connectivity index (χ0v) is 12.2. The second kappa shape index (κ2) is 6.68. The van der Waals surface area contributed by atoms with Crippen LogP contribution in [-0.2, 0) is 0 Å². The van der Waals surface area contributed by atoms with Gasteiger partial charge in [-0.1, -0.05) is 27.7 Å². The average molecular weight is 267 g/mol. The summed E-state index contributed by atoms with van der Waals surface area (Å²) in [6.45, 7) is 8.27. The number of nitrogens with two attached hydrogens (primary N) is 1. The number of hydrazine groups is 1. The zero-order chi connectivity index (χ0) is 14.5. The first-order chi connectivity index (χ1) is 9.03. The normalized spacial score (nSPS) is 11.7. The summed E-state index contributed by atoms with van der Waals surface area (Å²) in [4.78, 5) is 8.45. The molecule has 6 heteroatoms. The van der Waals surface area contributed by atoms with Gasteiger partial charge in [-0.2, -0.15) is 0 Å². The summed E-state index contributed by atoms with van der Waals surface area (Å²) in [5.41, 5.74) is 3.18. The largest absolute Gasteiger partial charge is 0.394 e. The third-order valence-electron chi connectivity index (χ3n) is 3.64. The van der Waals surface area contributed by atoms with E-state index in [0.717, 1.165) is 24.2 Å². The summed E-state index contributed by atoms with van der Waals surface area (Å²) in [6, 6.07) is 0. The Morgan fingerprint density at radius 3 is 2.26 bits per heavy atom. The van der Waals surface area contributed by atoms with E-state index in [2.05, 4.69) is 34.6 Å². The average Bonchev–Trinajstić information content (AvgIpc) is 2.44. The number of nitrogen functional groups attached to an aromatic ring is 1. The lowest BCUT2D eigenvalue weighted by Gasteiger charge is -2.32. The van der Waals surface area contributed by atoms with Crippen molar-refractivity contribution >= 4 is 11.6 Å². The van der Waals surface area contributed by atoms with Crippen LogP contribution in [-0.4, -0.2) is 27.2 Å². The van der Waals surface area contributed by atoms with Crippen LogP contribution < -0.4 is 16.6 Å². The summed E-state index contributed by atoms with van der Waals surface area (Å²) in [7, 11) is 0. The van der Waals surface area contributed by atoms with Crippen LogP contribution in [0.25, 0.3) is 0 Å². The van der Waals surface area contributed by atoms with Gasteiger partial charge in [0, 0.05) is 5.56 Å². The molecular weight excluding hydrogens is 242 g/mol. The molecule has 1 heterocycles. The molecule has 6 nitrogen and oxygen atoms in total. The number of nitrogens with zero attached hydrogens (tertiary/aromatic N) is 2. The molecule has 5 N–H and O–H groups in total. The molecule has 108 valence electrons. The fraction of sp³-hybridized carbons (Fsp3) is 0.692. The van der Waals surface area contributed by atoms with Gasteiger partial charge in [-0.3, -0.25) is 0 Å². The molecular formula is C13H25N5O. The minimum Gasteiger partial charge on any atom is -0.394 e. The molecule has 1 aromatic rings. The summed E-state index contributed by atoms with van der Waals surface area (Å²) < 4.78 is 0. The molecule has 0 unspecified atom stereocenters. The highest BCUT2D eigenvalue weighted by molar-refractivity contribution is 5.59. The van der Waals surface area contributed by atoms with E-state index in [1.807, 2.05) is 13.8 Å². The highest BCUT2D eigenvalue weighted by atomic mass is 16.3. The maximum Gasteiger partial charge on any atom is 0.148 e. The van der Waals surface area contributed by atoms with Gasteiger partial charge in [-0.05, 0) is 18.8 Å². The zero-order valence-electron chi connectivity index (χ0n) is 12.2. The Kier molecular flexibility index (Phi) is 5.50. The van der Waals surface area contributed by atoms with Crippen molar-refractivity contribution in [2.24, 2.45) is 5.84 Å². The standard InChI is InChI=1S/C13H25N5O/c1-5-13(6-2,7-19)17-11-10(9(3)4)12(18-14)16-8-15-11/h8-9,19H,5-7,14H2,1-4H3,(H2,15,16,17,18). The van der Waals surface area contributed by atoms with Crippen LogP contribution in [0.2, 0.25) is 0 Å². The maximum absolute atomic E-state index is 9.65. The van der Waals surface area contributed by atoms with E-state index >= 15 is 0 Å². The van der Waals surface area contributed by atoms with Gasteiger partial charge < -0.3 is 15.8 Å². The first kappa shape index (κ1) is 15.7. The van der Waals surface area contributed by atoms with Crippen LogP contribution in [0.3, 0.4) is 0 Å². The van der Waals surface area contributed by atoms with Gasteiger partial charge in [0.05, 0.1) is 12.1 Å². The van der Waals surface area contributed by atoms with Crippen LogP contribution in [0.5, 0.6) is 0 Å². The highest BCUT2D eigenvalue weighted by Crippen LogP contribution is 2.31. The molecule has 0 aromatic carbocycles. The highest BCUT2D eigenvalue weighted by Gasteiger charge is 2.27. The third kappa shape index (κ3) is 3.33. The molecule has 0 saturated carbocycles. The third-order valence-corrected chi connectivity index (χ3v) is 3.64. The number of rotatable bonds is 7. The molecule has 1 aromatic heterocycles. The number of nitrogens with one attached hydrogen (secondary N) is 2. The maximum atomic E-state index is 9.65. The van der Waals surface area contributed by atoms with Crippen molar-refractivity contribution in [1.29, 1.82) is 0 Å². The molecule has 0 saturated heterocycles. The second-order valence-electron chi connectivity index (χ2n) is 5.05. The Morgan fingerprint density at radius 1 is 1.26 bits per heavy atom. The summed E-state index contributed by atoms with van der Waals surface area (Å²) in [5, 5.41) is 13.0. The minimum absolute atomic E-state index is 0.0624. The molecule has 0 aliphatic carbocycles. The van der Waals surface area contributed by atoms with Crippen molar-refractivity contribution in [2.45, 2.75) is 52.0 Å². The molecule has 0 radical (unpaired) electrons. The quantitative estimate of drug-likeness (QED) is 0.445. The molecule has 0 fully saturated rings. The first-order valence-electron chi connectivity index (χ1n) is 6.74. The Morgan fingerprint density at radius 2 is 1.84 bits per heavy atom. The van der Waals surface area contributed by atoms with Crippen LogP contribution in [0.1, 0.15) is 52.0 Å². The first-order valence-corrected chi connectivity index (χ1v) is 6.74. The Hall–Kier alpha value is -1.40. The van der Waals surface area contributed by atoms with Crippen molar-refractivity contribution in [3.63, 3.8) is 0 Å². The van der Waals surface area contributed by atoms with E-state index in [0.29, 0.717) is 5.82 Å². The predicted octanol–water partition coefficient (Wildman–Crippen LogP) is 1.85. The minimum atomic E-state index is -0.357. The van der Waals surface area contributed by atoms with Gasteiger partial charge in [0.1, 0.15) is 18.0 Å². The van der Waals surface area contributed by atoms with Crippen LogP contribution in [0, 0.1) is 0 Å². The van der Waals surface area contributed by atoms with E-state index in [1.54, 1.807) is 0 Å². The smallest absolute Gasteiger partial charge is 0.148 e. The van der Waals surface area contributed by atoms with Crippen molar-refractivity contribution in [3.8, 4) is 0 Å². The Balaban J connectivity index is 3.20. The summed E-state index contributed by atoms with van der Waals surface area (Å²) in [6.07, 6.45) is 3.09. The molecule has 0 atom stereocenters. The summed E-state index contributed by atoms with van der Waals surface area (Å²) in [5.74, 6) is 7.07. The van der Waals surface area contributed by atoms with E-state index in [-0.39, 0.29) is 18.1 Å². The summed E-state index contributed by atoms with van der Waals surface area (Å²) >= 11 is 0. The van der Waals surface area contributed by atoms with Crippen molar-refractivity contribution in [2.75, 3.05) is 17.3 Å². The second-order valence-corrected chi connectivity index (χ2v) is 5.05. The number of hydrogen-bond donors (Lipinski definition) is 4. The molecule has 0 spiro atoms. The molecule has 0 amide bonds. The van der Waals surface area contributed by atoms with Crippen LogP contribution >= 0.6 is 0 Å². The number of aliphatic hydroxyl groups is 1. The number of aromatic nitrogens is 2. The number of hydrogen-bond acceptors (Lipinski definition) is 6. The van der Waals surface area contributed by atoms with E-state index in [9.17, 15) is 5.11 Å². The van der Waals surface area contributed by atoms with Gasteiger partial charge >= 0.3 is 0 Å². The van der Waals surface area contributed by atoms with Crippen LogP contribution in [0.15, 0.2) is 6.33 Å². The number of aliphatic hydroxyl groups excluding tert-OH is 1. The van der Waals surface area contributed by atoms with Gasteiger partial charge in [0.15, 0.2) is 0 Å². The SMILES string of the molecule is CCC(CC)(CO)Nc1ncnc(NN)c1C(C)C. The lowest BCUT2D eigenvalue weighted by atomic mass is 9.93. The topological polar surface area (TPSA) is 96.1 Å². The van der Waals surface area contributed by atoms with Crippen LogP contribution in [0.4, 0.5) is 11.6 Å². The van der Waals surface area contributed by atoms with E-state index in [4.69, 9.17) is 5.84 Å². The molecule has 0 aliphatic heterocycles. The predicted molar refractivity (Wildman–Crippen MR) is 78.0 cm³/mol. The number of anilines is 2. The molecule has 19 heavy (non-hydrogen) atoms. The lowest BCUT2D eigenvalue weighted by molar-refractivity contribution is 0.202. The van der Waals surface area contributed by atoms with Gasteiger partial charge in [0.25, 0.3) is 0 Å². The van der Waals surface area contributed by atoms with E-state index < -0.39 is 0 Å². The lowest BCUT2D eigenvalue weighted by Crippen LogP contribution is -2.41. The Labute approximate surface area is 114 Å². The fourth-order valence-electron chi connectivity index (χ4n) is 2.10. The monoisotopic (exact) mass is 267 g/mol. The van der Waals surface area contributed by atoms with Gasteiger partial charge in [-0.15, -0.1) is 0 Å². The molecule has 0 bridgehead atoms. The van der Waals surface area contributed by atoms with Crippen molar-refractivity contribution in [3.05, 3.63) is 11.9 Å². The van der Waals surface area contributed by atoms with E-state index in [1.165, 1.54) is 6.33 Å². The Bertz CT molecular complexity index is 396. The van der Waals surface area contributed by atoms with Crippen molar-refractivity contribution < 1.29 is 5.11 Å². The van der Waals surface area contributed by atoms with Crippen molar-refractivity contribution in [1.82, 2.24) is 9.97 Å². The fourth-order valence-corrected chi connectivity index (χ4v) is 2.10. The molecule has 0 aliphatic rings. The van der Waals surface area contributed by atoms with Gasteiger partial charge in [-0.25, -0.2) is 15.8 Å². The molecule has 1 rings (SSSR count). The van der Waals surface area contributed by atoms with Gasteiger partial charge in [0.2, 0.25) is 0 Å².